The zero-order valence-electron chi connectivity index (χ0n) is 10.8. The molecule has 2 fully saturated rings. The number of nitrogens with one attached hydrogen (secondary N) is 1. The first-order valence-corrected chi connectivity index (χ1v) is 6.50. The van der Waals surface area contributed by atoms with Gasteiger partial charge in [-0.3, -0.25) is 0 Å². The molecule has 1 saturated heterocycles. The Hall–Kier alpha value is -0.120. The fourth-order valence-electron chi connectivity index (χ4n) is 2.68. The first kappa shape index (κ1) is 12.3. The molecule has 1 aliphatic heterocycles. The molecule has 0 aromatic heterocycles. The van der Waals surface area contributed by atoms with Gasteiger partial charge in [0.2, 0.25) is 0 Å². The lowest BCUT2D eigenvalue weighted by atomic mass is 9.93. The number of methoxy groups -OCH3 is 1. The van der Waals surface area contributed by atoms with Crippen LogP contribution in [0.1, 0.15) is 39.5 Å². The third-order valence-electron chi connectivity index (χ3n) is 3.68. The summed E-state index contributed by atoms with van der Waals surface area (Å²) in [5.74, 6) is 0.853. The minimum atomic E-state index is 0.0388. The van der Waals surface area contributed by atoms with E-state index in [-0.39, 0.29) is 5.60 Å². The standard InChI is InChI=1S/C13H25NO2/c1-13(2)8-11(6-7-16-13)14-12(9-15-3)10-4-5-10/h10-12,14H,4-9H2,1-3H3. The predicted molar refractivity (Wildman–Crippen MR) is 64.6 cm³/mol. The van der Waals surface area contributed by atoms with E-state index < -0.39 is 0 Å². The average molecular weight is 227 g/mol. The summed E-state index contributed by atoms with van der Waals surface area (Å²) >= 11 is 0. The predicted octanol–water partition coefficient (Wildman–Crippen LogP) is 1.96. The highest BCUT2D eigenvalue weighted by molar-refractivity contribution is 4.91. The summed E-state index contributed by atoms with van der Waals surface area (Å²) in [6.07, 6.45) is 4.98. The molecule has 3 nitrogen and oxygen atoms in total. The van der Waals surface area contributed by atoms with Crippen molar-refractivity contribution in [3.63, 3.8) is 0 Å². The molecular weight excluding hydrogens is 202 g/mol. The monoisotopic (exact) mass is 227 g/mol. The van der Waals surface area contributed by atoms with E-state index in [2.05, 4.69) is 19.2 Å². The summed E-state index contributed by atoms with van der Waals surface area (Å²) in [6.45, 7) is 6.10. The number of hydrogen-bond donors (Lipinski definition) is 1. The Morgan fingerprint density at radius 1 is 1.38 bits per heavy atom. The normalized spacial score (nSPS) is 31.3. The Bertz CT molecular complexity index is 226. The van der Waals surface area contributed by atoms with Crippen molar-refractivity contribution in [1.82, 2.24) is 5.32 Å². The molecule has 2 atom stereocenters. The van der Waals surface area contributed by atoms with Gasteiger partial charge in [-0.15, -0.1) is 0 Å². The number of rotatable bonds is 5. The molecule has 3 heteroatoms. The van der Waals surface area contributed by atoms with Crippen molar-refractivity contribution in [1.29, 1.82) is 0 Å². The smallest absolute Gasteiger partial charge is 0.0641 e. The van der Waals surface area contributed by atoms with Crippen LogP contribution in [-0.4, -0.2) is 38.0 Å². The summed E-state index contributed by atoms with van der Waals surface area (Å²) < 4.78 is 11.0. The van der Waals surface area contributed by atoms with E-state index >= 15 is 0 Å². The fraction of sp³-hybridized carbons (Fsp3) is 1.00. The summed E-state index contributed by atoms with van der Waals surface area (Å²) in [5, 5.41) is 3.77. The van der Waals surface area contributed by atoms with Crippen LogP contribution >= 0.6 is 0 Å². The van der Waals surface area contributed by atoms with Gasteiger partial charge in [0.1, 0.15) is 0 Å². The third kappa shape index (κ3) is 3.44. The van der Waals surface area contributed by atoms with E-state index in [1.165, 1.54) is 12.8 Å². The highest BCUT2D eigenvalue weighted by Gasteiger charge is 2.35. The highest BCUT2D eigenvalue weighted by Crippen LogP contribution is 2.34. The van der Waals surface area contributed by atoms with E-state index in [1.54, 1.807) is 7.11 Å². The molecular formula is C13H25NO2. The van der Waals surface area contributed by atoms with Gasteiger partial charge in [-0.1, -0.05) is 0 Å². The summed E-state index contributed by atoms with van der Waals surface area (Å²) in [6, 6.07) is 1.16. The van der Waals surface area contributed by atoms with Gasteiger partial charge in [-0.05, 0) is 45.4 Å². The van der Waals surface area contributed by atoms with Crippen LogP contribution in [0.15, 0.2) is 0 Å². The van der Waals surface area contributed by atoms with E-state index in [4.69, 9.17) is 9.47 Å². The molecule has 0 aromatic rings. The van der Waals surface area contributed by atoms with Gasteiger partial charge in [-0.2, -0.15) is 0 Å². The van der Waals surface area contributed by atoms with Gasteiger partial charge in [-0.25, -0.2) is 0 Å². The Morgan fingerprint density at radius 3 is 2.69 bits per heavy atom. The highest BCUT2D eigenvalue weighted by atomic mass is 16.5. The van der Waals surface area contributed by atoms with Gasteiger partial charge in [0.25, 0.3) is 0 Å². The SMILES string of the molecule is COCC(NC1CCOC(C)(C)C1)C1CC1. The van der Waals surface area contributed by atoms with Crippen molar-refractivity contribution in [3.8, 4) is 0 Å². The fourth-order valence-corrected chi connectivity index (χ4v) is 2.68. The van der Waals surface area contributed by atoms with Crippen LogP contribution < -0.4 is 5.32 Å². The lowest BCUT2D eigenvalue weighted by Crippen LogP contribution is -2.49. The van der Waals surface area contributed by atoms with Gasteiger partial charge in [0.15, 0.2) is 0 Å². The van der Waals surface area contributed by atoms with Crippen molar-refractivity contribution in [2.45, 2.75) is 57.2 Å². The van der Waals surface area contributed by atoms with Crippen LogP contribution in [0.25, 0.3) is 0 Å². The van der Waals surface area contributed by atoms with Gasteiger partial charge in [0, 0.05) is 25.8 Å². The topological polar surface area (TPSA) is 30.5 Å². The van der Waals surface area contributed by atoms with Crippen LogP contribution in [0.5, 0.6) is 0 Å². The van der Waals surface area contributed by atoms with Crippen LogP contribution in [-0.2, 0) is 9.47 Å². The number of ether oxygens (including phenoxy) is 2. The lowest BCUT2D eigenvalue weighted by molar-refractivity contribution is -0.0655. The third-order valence-corrected chi connectivity index (χ3v) is 3.68. The average Bonchev–Trinajstić information content (AvgIpc) is 2.98. The molecule has 0 amide bonds. The summed E-state index contributed by atoms with van der Waals surface area (Å²) in [4.78, 5) is 0. The van der Waals surface area contributed by atoms with Crippen molar-refractivity contribution in [2.24, 2.45) is 5.92 Å². The van der Waals surface area contributed by atoms with E-state index in [0.717, 1.165) is 32.0 Å². The Balaban J connectivity index is 1.82. The maximum Gasteiger partial charge on any atom is 0.0641 e. The van der Waals surface area contributed by atoms with E-state index in [9.17, 15) is 0 Å². The van der Waals surface area contributed by atoms with Crippen LogP contribution in [0.4, 0.5) is 0 Å². The molecule has 1 N–H and O–H groups in total. The minimum Gasteiger partial charge on any atom is -0.383 e. The molecule has 0 aromatic carbocycles. The van der Waals surface area contributed by atoms with Crippen molar-refractivity contribution < 1.29 is 9.47 Å². The van der Waals surface area contributed by atoms with Crippen LogP contribution in [0.3, 0.4) is 0 Å². The first-order valence-electron chi connectivity index (χ1n) is 6.50. The maximum atomic E-state index is 5.74. The molecule has 1 saturated carbocycles. The lowest BCUT2D eigenvalue weighted by Gasteiger charge is -2.37. The van der Waals surface area contributed by atoms with Gasteiger partial charge in [0.05, 0.1) is 12.2 Å². The zero-order valence-corrected chi connectivity index (χ0v) is 10.8. The molecule has 2 aliphatic rings. The molecule has 0 spiro atoms. The molecule has 1 aliphatic carbocycles. The minimum absolute atomic E-state index is 0.0388. The van der Waals surface area contributed by atoms with Gasteiger partial charge >= 0.3 is 0 Å². The molecule has 16 heavy (non-hydrogen) atoms. The molecule has 0 bridgehead atoms. The van der Waals surface area contributed by atoms with E-state index in [1.807, 2.05) is 0 Å². The number of hydrogen-bond acceptors (Lipinski definition) is 3. The molecule has 1 heterocycles. The largest absolute Gasteiger partial charge is 0.383 e. The second-order valence-electron chi connectivity index (χ2n) is 5.86. The zero-order chi connectivity index (χ0) is 11.6. The van der Waals surface area contributed by atoms with E-state index in [0.29, 0.717) is 12.1 Å². The molecule has 94 valence electrons. The Labute approximate surface area is 98.9 Å². The molecule has 2 unspecified atom stereocenters. The second kappa shape index (κ2) is 5.03. The van der Waals surface area contributed by atoms with Crippen LogP contribution in [0, 0.1) is 5.92 Å². The van der Waals surface area contributed by atoms with Crippen molar-refractivity contribution in [2.75, 3.05) is 20.3 Å². The second-order valence-corrected chi connectivity index (χ2v) is 5.86. The maximum absolute atomic E-state index is 5.74. The summed E-state index contributed by atoms with van der Waals surface area (Å²) in [7, 11) is 1.80. The molecule has 2 rings (SSSR count). The van der Waals surface area contributed by atoms with Gasteiger partial charge < -0.3 is 14.8 Å². The Morgan fingerprint density at radius 2 is 2.12 bits per heavy atom. The quantitative estimate of drug-likeness (QED) is 0.779. The molecule has 0 radical (unpaired) electrons. The van der Waals surface area contributed by atoms with Crippen molar-refractivity contribution >= 4 is 0 Å². The van der Waals surface area contributed by atoms with Crippen LogP contribution in [0.2, 0.25) is 0 Å². The summed E-state index contributed by atoms with van der Waals surface area (Å²) in [5.41, 5.74) is 0.0388. The first-order chi connectivity index (χ1) is 7.61. The van der Waals surface area contributed by atoms with Crippen molar-refractivity contribution in [3.05, 3.63) is 0 Å². The Kier molecular flexibility index (Phi) is 3.88.